The Hall–Kier alpha value is -0.520. The van der Waals surface area contributed by atoms with Gasteiger partial charge in [-0.25, -0.2) is 0 Å². The van der Waals surface area contributed by atoms with E-state index in [-0.39, 0.29) is 5.25 Å². The highest BCUT2D eigenvalue weighted by Gasteiger charge is 2.33. The molecule has 0 saturated carbocycles. The first-order chi connectivity index (χ1) is 7.98. The van der Waals surface area contributed by atoms with Gasteiger partial charge in [-0.1, -0.05) is 19.9 Å². The van der Waals surface area contributed by atoms with Crippen LogP contribution in [0, 0.1) is 0 Å². The minimum atomic E-state index is -0.835. The first-order valence-electron chi connectivity index (χ1n) is 5.66. The molecular weight excluding hydrogens is 254 g/mol. The summed E-state index contributed by atoms with van der Waals surface area (Å²) in [4.78, 5) is 11.3. The van der Waals surface area contributed by atoms with Gasteiger partial charge in [0, 0.05) is 5.25 Å². The van der Waals surface area contributed by atoms with E-state index in [0.29, 0.717) is 13.0 Å². The molecule has 1 heterocycles. The van der Waals surface area contributed by atoms with Crippen LogP contribution >= 0.6 is 23.1 Å². The summed E-state index contributed by atoms with van der Waals surface area (Å²) in [7, 11) is 0. The molecule has 0 aromatic carbocycles. The minimum Gasteiger partial charge on any atom is -0.480 e. The fourth-order valence-corrected chi connectivity index (χ4v) is 4.07. The second kappa shape index (κ2) is 6.42. The molecule has 5 heteroatoms. The maximum atomic E-state index is 11.3. The fraction of sp³-hybridized carbons (Fsp3) is 0.583. The van der Waals surface area contributed by atoms with E-state index in [2.05, 4.69) is 18.3 Å². The van der Waals surface area contributed by atoms with Crippen molar-refractivity contribution < 1.29 is 9.90 Å². The summed E-state index contributed by atoms with van der Waals surface area (Å²) >= 11 is 3.43. The molecule has 1 rings (SSSR count). The summed E-state index contributed by atoms with van der Waals surface area (Å²) in [6.07, 6.45) is 0.610. The van der Waals surface area contributed by atoms with Crippen molar-refractivity contribution >= 4 is 29.1 Å². The Morgan fingerprint density at radius 3 is 2.88 bits per heavy atom. The van der Waals surface area contributed by atoms with Gasteiger partial charge in [-0.2, -0.15) is 0 Å². The van der Waals surface area contributed by atoms with E-state index in [9.17, 15) is 9.90 Å². The van der Waals surface area contributed by atoms with Gasteiger partial charge >= 0.3 is 5.97 Å². The van der Waals surface area contributed by atoms with Gasteiger partial charge in [0.05, 0.1) is 4.21 Å². The number of aliphatic carboxylic acids is 1. The molecular formula is C12H19NO2S2. The van der Waals surface area contributed by atoms with Crippen molar-refractivity contribution in [3.63, 3.8) is 0 Å². The number of nitrogens with one attached hydrogen (secondary N) is 1. The molecule has 1 aromatic rings. The minimum absolute atomic E-state index is 0.272. The van der Waals surface area contributed by atoms with Gasteiger partial charge in [0.2, 0.25) is 0 Å². The van der Waals surface area contributed by atoms with Gasteiger partial charge < -0.3 is 10.4 Å². The van der Waals surface area contributed by atoms with Gasteiger partial charge in [0.15, 0.2) is 0 Å². The van der Waals surface area contributed by atoms with Crippen LogP contribution in [0.15, 0.2) is 21.7 Å². The summed E-state index contributed by atoms with van der Waals surface area (Å²) in [6.45, 7) is 6.42. The smallest absolute Gasteiger partial charge is 0.323 e. The molecule has 3 nitrogen and oxygen atoms in total. The standard InChI is InChI=1S/C12H19NO2S2/c1-4-13-12(3,11(14)15)8-9(2)17-10-6-5-7-16-10/h5-7,9,13H,4,8H2,1-3H3,(H,14,15). The largest absolute Gasteiger partial charge is 0.480 e. The Labute approximate surface area is 111 Å². The number of carboxylic acids is 1. The Balaban J connectivity index is 2.58. The second-order valence-corrected chi connectivity index (χ2v) is 6.92. The molecule has 0 aliphatic heterocycles. The Morgan fingerprint density at radius 2 is 2.41 bits per heavy atom. The average Bonchev–Trinajstić information content (AvgIpc) is 2.70. The van der Waals surface area contributed by atoms with Crippen LogP contribution in [0.2, 0.25) is 0 Å². The molecule has 96 valence electrons. The Bertz CT molecular complexity index is 353. The lowest BCUT2D eigenvalue weighted by atomic mass is 9.96. The molecule has 2 unspecified atom stereocenters. The lowest BCUT2D eigenvalue weighted by Crippen LogP contribution is -2.50. The third-order valence-electron chi connectivity index (χ3n) is 2.55. The van der Waals surface area contributed by atoms with Crippen molar-refractivity contribution in [1.82, 2.24) is 5.32 Å². The zero-order chi connectivity index (χ0) is 12.9. The van der Waals surface area contributed by atoms with Gasteiger partial charge in [0.1, 0.15) is 5.54 Å². The van der Waals surface area contributed by atoms with Gasteiger partial charge in [-0.3, -0.25) is 4.79 Å². The number of carbonyl (C=O) groups is 1. The predicted octanol–water partition coefficient (Wildman–Crippen LogP) is 3.07. The number of hydrogen-bond donors (Lipinski definition) is 2. The Kier molecular flexibility index (Phi) is 5.49. The highest BCUT2D eigenvalue weighted by Crippen LogP contribution is 2.31. The van der Waals surface area contributed by atoms with E-state index < -0.39 is 11.5 Å². The maximum Gasteiger partial charge on any atom is 0.323 e. The van der Waals surface area contributed by atoms with Crippen LogP contribution in [0.3, 0.4) is 0 Å². The van der Waals surface area contributed by atoms with Crippen LogP contribution in [0.1, 0.15) is 27.2 Å². The summed E-state index contributed by atoms with van der Waals surface area (Å²) in [6, 6.07) is 4.08. The first-order valence-corrected chi connectivity index (χ1v) is 7.42. The van der Waals surface area contributed by atoms with Crippen LogP contribution in [0.5, 0.6) is 0 Å². The van der Waals surface area contributed by atoms with E-state index in [1.807, 2.05) is 18.4 Å². The molecule has 0 saturated heterocycles. The lowest BCUT2D eigenvalue weighted by molar-refractivity contribution is -0.144. The highest BCUT2D eigenvalue weighted by atomic mass is 32.2. The molecule has 0 aliphatic rings. The van der Waals surface area contributed by atoms with Crippen LogP contribution < -0.4 is 5.32 Å². The molecule has 0 radical (unpaired) electrons. The second-order valence-electron chi connectivity index (χ2n) is 4.23. The van der Waals surface area contributed by atoms with Crippen molar-refractivity contribution in [2.75, 3.05) is 6.54 Å². The molecule has 0 fully saturated rings. The summed E-state index contributed by atoms with van der Waals surface area (Å²) < 4.78 is 1.24. The summed E-state index contributed by atoms with van der Waals surface area (Å²) in [5.41, 5.74) is -0.835. The number of thioether (sulfide) groups is 1. The van der Waals surface area contributed by atoms with Crippen molar-refractivity contribution in [3.8, 4) is 0 Å². The maximum absolute atomic E-state index is 11.3. The predicted molar refractivity (Wildman–Crippen MR) is 74.0 cm³/mol. The molecule has 1 aromatic heterocycles. The fourth-order valence-electron chi connectivity index (χ4n) is 1.77. The van der Waals surface area contributed by atoms with E-state index >= 15 is 0 Å². The number of thiophene rings is 1. The monoisotopic (exact) mass is 273 g/mol. The normalized spacial score (nSPS) is 16.4. The molecule has 0 aliphatic carbocycles. The lowest BCUT2D eigenvalue weighted by Gasteiger charge is -2.28. The van der Waals surface area contributed by atoms with E-state index in [1.165, 1.54) is 4.21 Å². The molecule has 2 atom stereocenters. The highest BCUT2D eigenvalue weighted by molar-refractivity contribution is 8.01. The molecule has 2 N–H and O–H groups in total. The molecule has 0 amide bonds. The van der Waals surface area contributed by atoms with E-state index in [0.717, 1.165) is 0 Å². The summed E-state index contributed by atoms with van der Waals surface area (Å²) in [5.74, 6) is -0.780. The average molecular weight is 273 g/mol. The van der Waals surface area contributed by atoms with Crippen molar-refractivity contribution in [2.24, 2.45) is 0 Å². The van der Waals surface area contributed by atoms with Gasteiger partial charge in [-0.05, 0) is 31.3 Å². The third kappa shape index (κ3) is 4.33. The first kappa shape index (κ1) is 14.5. The SMILES string of the molecule is CCNC(C)(CC(C)Sc1cccs1)C(=O)O. The van der Waals surface area contributed by atoms with Crippen LogP contribution in [-0.4, -0.2) is 28.4 Å². The molecule has 0 spiro atoms. The topological polar surface area (TPSA) is 49.3 Å². The zero-order valence-electron chi connectivity index (χ0n) is 10.4. The molecule has 17 heavy (non-hydrogen) atoms. The van der Waals surface area contributed by atoms with Crippen LogP contribution in [0.4, 0.5) is 0 Å². The van der Waals surface area contributed by atoms with Crippen molar-refractivity contribution in [1.29, 1.82) is 0 Å². The number of likely N-dealkylation sites (N-methyl/N-ethyl adjacent to an activating group) is 1. The quantitative estimate of drug-likeness (QED) is 0.750. The van der Waals surface area contributed by atoms with Crippen LogP contribution in [-0.2, 0) is 4.79 Å². The summed E-state index contributed by atoms with van der Waals surface area (Å²) in [5, 5.41) is 14.6. The number of hydrogen-bond acceptors (Lipinski definition) is 4. The zero-order valence-corrected chi connectivity index (χ0v) is 12.0. The van der Waals surface area contributed by atoms with Crippen LogP contribution in [0.25, 0.3) is 0 Å². The number of rotatable bonds is 7. The Morgan fingerprint density at radius 1 is 1.71 bits per heavy atom. The van der Waals surface area contributed by atoms with Crippen molar-refractivity contribution in [3.05, 3.63) is 17.5 Å². The van der Waals surface area contributed by atoms with E-state index in [4.69, 9.17) is 0 Å². The van der Waals surface area contributed by atoms with E-state index in [1.54, 1.807) is 30.0 Å². The third-order valence-corrected chi connectivity index (χ3v) is 4.72. The van der Waals surface area contributed by atoms with Gasteiger partial charge in [0.25, 0.3) is 0 Å². The molecule has 0 bridgehead atoms. The number of carboxylic acid groups (broad SMARTS) is 1. The van der Waals surface area contributed by atoms with Crippen molar-refractivity contribution in [2.45, 2.75) is 42.2 Å². The van der Waals surface area contributed by atoms with Gasteiger partial charge in [-0.15, -0.1) is 23.1 Å².